The van der Waals surface area contributed by atoms with Crippen molar-refractivity contribution in [1.82, 2.24) is 4.98 Å². The summed E-state index contributed by atoms with van der Waals surface area (Å²) >= 11 is 0. The molecule has 0 saturated carbocycles. The number of nitrogen functional groups attached to an aromatic ring is 1. The highest BCUT2D eigenvalue weighted by atomic mass is 16.1. The summed E-state index contributed by atoms with van der Waals surface area (Å²) in [6, 6.07) is 7.46. The Kier molecular flexibility index (Phi) is 3.29. The molecule has 0 aliphatic heterocycles. The van der Waals surface area contributed by atoms with Crippen molar-refractivity contribution >= 4 is 28.2 Å². The van der Waals surface area contributed by atoms with Crippen molar-refractivity contribution in [2.75, 3.05) is 11.1 Å². The molecule has 0 spiro atoms. The van der Waals surface area contributed by atoms with Crippen LogP contribution in [0.2, 0.25) is 0 Å². The van der Waals surface area contributed by atoms with Gasteiger partial charge in [-0.1, -0.05) is 0 Å². The van der Waals surface area contributed by atoms with Crippen molar-refractivity contribution in [3.05, 3.63) is 30.5 Å². The number of nitrogens with zero attached hydrogens (tertiary/aromatic N) is 1. The minimum atomic E-state index is -0.438. The molecule has 1 amide bonds. The number of primary amides is 1. The summed E-state index contributed by atoms with van der Waals surface area (Å²) < 4.78 is 0. The lowest BCUT2D eigenvalue weighted by Crippen LogP contribution is -2.36. The SMILES string of the molecule is CC(C)(CC(N)=O)Nc1ccc(N)c2cccnc12. The highest BCUT2D eigenvalue weighted by Gasteiger charge is 2.21. The van der Waals surface area contributed by atoms with Gasteiger partial charge in [0.2, 0.25) is 5.91 Å². The van der Waals surface area contributed by atoms with E-state index in [1.165, 1.54) is 0 Å². The molecule has 2 aromatic rings. The monoisotopic (exact) mass is 258 g/mol. The molecular formula is C14H18N4O. The van der Waals surface area contributed by atoms with Gasteiger partial charge >= 0.3 is 0 Å². The molecular weight excluding hydrogens is 240 g/mol. The number of aromatic nitrogens is 1. The van der Waals surface area contributed by atoms with Crippen LogP contribution in [0.3, 0.4) is 0 Å². The van der Waals surface area contributed by atoms with Crippen molar-refractivity contribution < 1.29 is 4.79 Å². The van der Waals surface area contributed by atoms with E-state index in [9.17, 15) is 4.79 Å². The number of anilines is 2. The summed E-state index contributed by atoms with van der Waals surface area (Å²) in [4.78, 5) is 15.4. The number of pyridine rings is 1. The van der Waals surface area contributed by atoms with Gasteiger partial charge in [-0.05, 0) is 38.1 Å². The molecule has 0 radical (unpaired) electrons. The number of nitrogens with one attached hydrogen (secondary N) is 1. The number of nitrogens with two attached hydrogens (primary N) is 2. The summed E-state index contributed by atoms with van der Waals surface area (Å²) in [7, 11) is 0. The maximum absolute atomic E-state index is 11.1. The fraction of sp³-hybridized carbons (Fsp3) is 0.286. The van der Waals surface area contributed by atoms with Crippen molar-refractivity contribution in [2.24, 2.45) is 5.73 Å². The maximum Gasteiger partial charge on any atom is 0.219 e. The normalized spacial score (nSPS) is 11.5. The Balaban J connectivity index is 2.41. The highest BCUT2D eigenvalue weighted by Crippen LogP contribution is 2.28. The highest BCUT2D eigenvalue weighted by molar-refractivity contribution is 5.98. The number of carbonyl (C=O) groups excluding carboxylic acids is 1. The fourth-order valence-corrected chi connectivity index (χ4v) is 2.14. The van der Waals surface area contributed by atoms with E-state index in [4.69, 9.17) is 11.5 Å². The van der Waals surface area contributed by atoms with Crippen LogP contribution in [-0.2, 0) is 4.79 Å². The molecule has 0 fully saturated rings. The molecule has 0 aliphatic rings. The first-order chi connectivity index (χ1) is 8.89. The van der Waals surface area contributed by atoms with Gasteiger partial charge in [-0.3, -0.25) is 9.78 Å². The van der Waals surface area contributed by atoms with Gasteiger partial charge in [0.15, 0.2) is 0 Å². The molecule has 0 bridgehead atoms. The van der Waals surface area contributed by atoms with E-state index in [2.05, 4.69) is 10.3 Å². The van der Waals surface area contributed by atoms with E-state index in [1.54, 1.807) is 6.20 Å². The first kappa shape index (κ1) is 13.1. The Labute approximate surface area is 112 Å². The number of benzene rings is 1. The predicted octanol–water partition coefficient (Wildman–Crippen LogP) is 1.88. The Morgan fingerprint density at radius 3 is 2.79 bits per heavy atom. The molecule has 0 aliphatic carbocycles. The minimum absolute atomic E-state index is 0.242. The summed E-state index contributed by atoms with van der Waals surface area (Å²) in [5.41, 5.74) is 13.1. The Morgan fingerprint density at radius 1 is 1.37 bits per heavy atom. The molecule has 1 aromatic carbocycles. The molecule has 0 unspecified atom stereocenters. The van der Waals surface area contributed by atoms with Gasteiger partial charge in [0, 0.05) is 29.2 Å². The molecule has 1 aromatic heterocycles. The zero-order valence-corrected chi connectivity index (χ0v) is 11.1. The molecule has 5 nitrogen and oxygen atoms in total. The molecule has 100 valence electrons. The average Bonchev–Trinajstić information content (AvgIpc) is 2.31. The van der Waals surface area contributed by atoms with Gasteiger partial charge in [0.25, 0.3) is 0 Å². The number of rotatable bonds is 4. The topological polar surface area (TPSA) is 94.0 Å². The zero-order valence-electron chi connectivity index (χ0n) is 11.1. The summed E-state index contributed by atoms with van der Waals surface area (Å²) in [5.74, 6) is -0.342. The van der Waals surface area contributed by atoms with E-state index in [0.717, 1.165) is 16.6 Å². The first-order valence-corrected chi connectivity index (χ1v) is 6.09. The predicted molar refractivity (Wildman–Crippen MR) is 77.7 cm³/mol. The summed E-state index contributed by atoms with van der Waals surface area (Å²) in [6.45, 7) is 3.84. The fourth-order valence-electron chi connectivity index (χ4n) is 2.14. The van der Waals surface area contributed by atoms with E-state index in [-0.39, 0.29) is 12.3 Å². The average molecular weight is 258 g/mol. The standard InChI is InChI=1S/C14H18N4O/c1-14(2,8-12(16)19)18-11-6-5-10(15)9-4-3-7-17-13(9)11/h3-7,18H,8,15H2,1-2H3,(H2,16,19). The Bertz CT molecular complexity index is 622. The third-order valence-electron chi connectivity index (χ3n) is 2.89. The lowest BCUT2D eigenvalue weighted by Gasteiger charge is -2.26. The number of amides is 1. The number of hydrogen-bond donors (Lipinski definition) is 3. The maximum atomic E-state index is 11.1. The molecule has 1 heterocycles. The lowest BCUT2D eigenvalue weighted by molar-refractivity contribution is -0.118. The zero-order chi connectivity index (χ0) is 14.0. The smallest absolute Gasteiger partial charge is 0.219 e. The quantitative estimate of drug-likeness (QED) is 0.730. The molecule has 5 heteroatoms. The molecule has 0 atom stereocenters. The number of hydrogen-bond acceptors (Lipinski definition) is 4. The van der Waals surface area contributed by atoms with Gasteiger partial charge < -0.3 is 16.8 Å². The van der Waals surface area contributed by atoms with Crippen LogP contribution in [0.5, 0.6) is 0 Å². The van der Waals surface area contributed by atoms with E-state index in [1.807, 2.05) is 38.1 Å². The van der Waals surface area contributed by atoms with Crippen molar-refractivity contribution in [2.45, 2.75) is 25.8 Å². The summed E-state index contributed by atoms with van der Waals surface area (Å²) in [5, 5.41) is 4.19. The van der Waals surface area contributed by atoms with Gasteiger partial charge in [-0.2, -0.15) is 0 Å². The van der Waals surface area contributed by atoms with Crippen LogP contribution in [0.1, 0.15) is 20.3 Å². The lowest BCUT2D eigenvalue weighted by atomic mass is 9.99. The Morgan fingerprint density at radius 2 is 2.11 bits per heavy atom. The van der Waals surface area contributed by atoms with Crippen LogP contribution < -0.4 is 16.8 Å². The molecule has 19 heavy (non-hydrogen) atoms. The minimum Gasteiger partial charge on any atom is -0.398 e. The van der Waals surface area contributed by atoms with Crippen LogP contribution in [0.15, 0.2) is 30.5 Å². The van der Waals surface area contributed by atoms with Crippen LogP contribution in [0.4, 0.5) is 11.4 Å². The van der Waals surface area contributed by atoms with Crippen LogP contribution in [0, 0.1) is 0 Å². The number of fused-ring (bicyclic) bond motifs is 1. The van der Waals surface area contributed by atoms with Crippen molar-refractivity contribution in [1.29, 1.82) is 0 Å². The van der Waals surface area contributed by atoms with Crippen LogP contribution in [0.25, 0.3) is 10.9 Å². The van der Waals surface area contributed by atoms with Crippen LogP contribution in [-0.4, -0.2) is 16.4 Å². The van der Waals surface area contributed by atoms with Gasteiger partial charge in [0.05, 0.1) is 11.2 Å². The van der Waals surface area contributed by atoms with Crippen molar-refractivity contribution in [3.8, 4) is 0 Å². The van der Waals surface area contributed by atoms with Crippen molar-refractivity contribution in [3.63, 3.8) is 0 Å². The third kappa shape index (κ3) is 2.93. The largest absolute Gasteiger partial charge is 0.398 e. The Hall–Kier alpha value is -2.30. The van der Waals surface area contributed by atoms with E-state index in [0.29, 0.717) is 5.69 Å². The number of carbonyl (C=O) groups is 1. The van der Waals surface area contributed by atoms with Gasteiger partial charge in [-0.25, -0.2) is 0 Å². The second-order valence-corrected chi connectivity index (χ2v) is 5.25. The van der Waals surface area contributed by atoms with Gasteiger partial charge in [0.1, 0.15) is 0 Å². The van der Waals surface area contributed by atoms with E-state index >= 15 is 0 Å². The van der Waals surface area contributed by atoms with Gasteiger partial charge in [-0.15, -0.1) is 0 Å². The molecule has 0 saturated heterocycles. The molecule has 2 rings (SSSR count). The van der Waals surface area contributed by atoms with E-state index < -0.39 is 5.54 Å². The second-order valence-electron chi connectivity index (χ2n) is 5.25. The molecule has 5 N–H and O–H groups in total. The van der Waals surface area contributed by atoms with Crippen LogP contribution >= 0.6 is 0 Å². The first-order valence-electron chi connectivity index (χ1n) is 6.09. The second kappa shape index (κ2) is 4.76. The summed E-state index contributed by atoms with van der Waals surface area (Å²) in [6.07, 6.45) is 1.96. The third-order valence-corrected chi connectivity index (χ3v) is 2.89.